The van der Waals surface area contributed by atoms with E-state index in [1.54, 1.807) is 11.3 Å². The molecule has 4 nitrogen and oxygen atoms in total. The molecule has 0 aliphatic heterocycles. The van der Waals surface area contributed by atoms with E-state index < -0.39 is 0 Å². The van der Waals surface area contributed by atoms with Gasteiger partial charge in [-0.05, 0) is 61.4 Å². The average Bonchev–Trinajstić information content (AvgIpc) is 3.38. The summed E-state index contributed by atoms with van der Waals surface area (Å²) in [5, 5.41) is 0.684. The number of aromatic nitrogens is 1. The standard InChI is InChI=1S/C20H22N2OS.H3N/c1-2-20(21,15-9-10-15)13-14-7-11-16(12-8-14)23-19-22-17-5-3-4-6-18(17)24-19;/h3-8,11-12,15H,2,9-10,13,21H2,1H3;1H3. The van der Waals surface area contributed by atoms with Crippen LogP contribution in [-0.4, -0.2) is 10.5 Å². The van der Waals surface area contributed by atoms with Gasteiger partial charge in [-0.15, -0.1) is 0 Å². The van der Waals surface area contributed by atoms with E-state index in [9.17, 15) is 0 Å². The van der Waals surface area contributed by atoms with Crippen LogP contribution in [-0.2, 0) is 6.42 Å². The first-order valence-electron chi connectivity index (χ1n) is 8.57. The van der Waals surface area contributed by atoms with Crippen molar-refractivity contribution in [2.45, 2.75) is 38.1 Å². The number of fused-ring (bicyclic) bond motifs is 1. The minimum absolute atomic E-state index is 0. The van der Waals surface area contributed by atoms with Crippen molar-refractivity contribution >= 4 is 21.6 Å². The van der Waals surface area contributed by atoms with Crippen LogP contribution in [0, 0.1) is 5.92 Å². The summed E-state index contributed by atoms with van der Waals surface area (Å²) in [4.78, 5) is 4.51. The molecule has 1 atom stereocenters. The first kappa shape index (κ1) is 17.9. The van der Waals surface area contributed by atoms with Crippen LogP contribution < -0.4 is 16.6 Å². The van der Waals surface area contributed by atoms with Crippen LogP contribution in [0.4, 0.5) is 0 Å². The van der Waals surface area contributed by atoms with E-state index in [-0.39, 0.29) is 11.7 Å². The van der Waals surface area contributed by atoms with Crippen molar-refractivity contribution in [1.29, 1.82) is 0 Å². The topological polar surface area (TPSA) is 83.1 Å². The van der Waals surface area contributed by atoms with E-state index in [1.165, 1.54) is 18.4 Å². The third kappa shape index (κ3) is 3.84. The summed E-state index contributed by atoms with van der Waals surface area (Å²) < 4.78 is 7.05. The molecule has 5 heteroatoms. The quantitative estimate of drug-likeness (QED) is 0.627. The van der Waals surface area contributed by atoms with Crippen LogP contribution in [0.1, 0.15) is 31.7 Å². The first-order valence-corrected chi connectivity index (χ1v) is 9.39. The Morgan fingerprint density at radius 2 is 1.88 bits per heavy atom. The fourth-order valence-corrected chi connectivity index (χ4v) is 4.10. The number of rotatable bonds is 6. The van der Waals surface area contributed by atoms with Gasteiger partial charge in [0, 0.05) is 5.54 Å². The Balaban J connectivity index is 0.00000182. The van der Waals surface area contributed by atoms with Gasteiger partial charge < -0.3 is 16.6 Å². The number of para-hydroxylation sites is 1. The Morgan fingerprint density at radius 1 is 1.16 bits per heavy atom. The lowest BCUT2D eigenvalue weighted by atomic mass is 9.84. The second-order valence-corrected chi connectivity index (χ2v) is 7.72. The van der Waals surface area contributed by atoms with Gasteiger partial charge in [-0.2, -0.15) is 0 Å². The minimum Gasteiger partial charge on any atom is -0.431 e. The molecular formula is C20H25N3OS. The highest BCUT2D eigenvalue weighted by atomic mass is 32.1. The number of ether oxygens (including phenoxy) is 1. The molecule has 0 saturated heterocycles. The van der Waals surface area contributed by atoms with Crippen LogP contribution in [0.5, 0.6) is 10.9 Å². The molecule has 132 valence electrons. The highest BCUT2D eigenvalue weighted by Gasteiger charge is 2.40. The molecule has 1 fully saturated rings. The van der Waals surface area contributed by atoms with Gasteiger partial charge in [0.2, 0.25) is 0 Å². The van der Waals surface area contributed by atoms with E-state index >= 15 is 0 Å². The van der Waals surface area contributed by atoms with Crippen LogP contribution in [0.15, 0.2) is 48.5 Å². The van der Waals surface area contributed by atoms with Crippen molar-refractivity contribution in [2.24, 2.45) is 11.7 Å². The molecule has 25 heavy (non-hydrogen) atoms. The maximum atomic E-state index is 6.60. The molecule has 0 radical (unpaired) electrons. The third-order valence-corrected chi connectivity index (χ3v) is 5.90. The maximum Gasteiger partial charge on any atom is 0.279 e. The van der Waals surface area contributed by atoms with Gasteiger partial charge in [0.25, 0.3) is 5.19 Å². The molecule has 0 amide bonds. The van der Waals surface area contributed by atoms with Crippen molar-refractivity contribution in [2.75, 3.05) is 0 Å². The lowest BCUT2D eigenvalue weighted by Gasteiger charge is -2.28. The van der Waals surface area contributed by atoms with Gasteiger partial charge in [-0.3, -0.25) is 0 Å². The Kier molecular flexibility index (Phi) is 5.08. The first-order chi connectivity index (χ1) is 11.7. The van der Waals surface area contributed by atoms with Crippen molar-refractivity contribution in [1.82, 2.24) is 11.1 Å². The molecule has 1 heterocycles. The summed E-state index contributed by atoms with van der Waals surface area (Å²) in [5.74, 6) is 1.52. The minimum atomic E-state index is -0.0462. The monoisotopic (exact) mass is 355 g/mol. The fraction of sp³-hybridized carbons (Fsp3) is 0.350. The summed E-state index contributed by atoms with van der Waals surface area (Å²) in [5.41, 5.74) is 8.81. The van der Waals surface area contributed by atoms with Crippen molar-refractivity contribution in [3.63, 3.8) is 0 Å². The Bertz CT molecular complexity index is 809. The molecule has 0 bridgehead atoms. The molecule has 3 aromatic rings. The van der Waals surface area contributed by atoms with Crippen LogP contribution in [0.3, 0.4) is 0 Å². The zero-order valence-electron chi connectivity index (χ0n) is 14.6. The molecule has 5 N–H and O–H groups in total. The Morgan fingerprint density at radius 3 is 2.52 bits per heavy atom. The van der Waals surface area contributed by atoms with E-state index in [0.29, 0.717) is 11.1 Å². The average molecular weight is 356 g/mol. The van der Waals surface area contributed by atoms with Crippen molar-refractivity contribution in [3.05, 3.63) is 54.1 Å². The Hall–Kier alpha value is -1.95. The number of nitrogens with two attached hydrogens (primary N) is 1. The lowest BCUT2D eigenvalue weighted by Crippen LogP contribution is -2.43. The summed E-state index contributed by atoms with van der Waals surface area (Å²) >= 11 is 1.57. The second kappa shape index (κ2) is 7.12. The molecule has 4 rings (SSSR count). The van der Waals surface area contributed by atoms with Gasteiger partial charge in [0.1, 0.15) is 5.75 Å². The molecular weight excluding hydrogens is 330 g/mol. The largest absolute Gasteiger partial charge is 0.431 e. The third-order valence-electron chi connectivity index (χ3n) is 4.98. The number of hydrogen-bond donors (Lipinski definition) is 2. The van der Waals surface area contributed by atoms with Crippen LogP contribution in [0.25, 0.3) is 10.2 Å². The number of thiazole rings is 1. The Labute approximate surface area is 152 Å². The summed E-state index contributed by atoms with van der Waals surface area (Å²) in [7, 11) is 0. The summed E-state index contributed by atoms with van der Waals surface area (Å²) in [6, 6.07) is 16.4. The zero-order chi connectivity index (χ0) is 16.6. The molecule has 1 aliphatic carbocycles. The number of hydrogen-bond acceptors (Lipinski definition) is 5. The van der Waals surface area contributed by atoms with E-state index in [2.05, 4.69) is 30.1 Å². The van der Waals surface area contributed by atoms with Crippen molar-refractivity contribution in [3.8, 4) is 10.9 Å². The van der Waals surface area contributed by atoms with Gasteiger partial charge in [-0.1, -0.05) is 42.5 Å². The zero-order valence-corrected chi connectivity index (χ0v) is 15.4. The highest BCUT2D eigenvalue weighted by Crippen LogP contribution is 2.42. The molecule has 1 aromatic heterocycles. The van der Waals surface area contributed by atoms with Gasteiger partial charge in [0.05, 0.1) is 10.2 Å². The predicted molar refractivity (Wildman–Crippen MR) is 105 cm³/mol. The van der Waals surface area contributed by atoms with Gasteiger partial charge in [-0.25, -0.2) is 4.98 Å². The van der Waals surface area contributed by atoms with Gasteiger partial charge >= 0.3 is 0 Å². The SMILES string of the molecule is CCC(N)(Cc1ccc(Oc2nc3ccccc3s2)cc1)C1CC1.N. The van der Waals surface area contributed by atoms with Gasteiger partial charge in [0.15, 0.2) is 0 Å². The normalized spacial score (nSPS) is 16.2. The molecule has 1 unspecified atom stereocenters. The fourth-order valence-electron chi connectivity index (χ4n) is 3.27. The second-order valence-electron chi connectivity index (χ2n) is 6.73. The summed E-state index contributed by atoms with van der Waals surface area (Å²) in [6.07, 6.45) is 4.53. The lowest BCUT2D eigenvalue weighted by molar-refractivity contribution is 0.354. The molecule has 2 aromatic carbocycles. The van der Waals surface area contributed by atoms with E-state index in [0.717, 1.165) is 28.8 Å². The number of nitrogens with zero attached hydrogens (tertiary/aromatic N) is 1. The van der Waals surface area contributed by atoms with E-state index in [1.807, 2.05) is 30.3 Å². The molecule has 0 spiro atoms. The predicted octanol–water partition coefficient (Wildman–Crippen LogP) is 5.31. The highest BCUT2D eigenvalue weighted by molar-refractivity contribution is 7.20. The van der Waals surface area contributed by atoms with Crippen molar-refractivity contribution < 1.29 is 4.74 Å². The molecule has 1 aliphatic rings. The van der Waals surface area contributed by atoms with Crippen LogP contribution in [0.2, 0.25) is 0 Å². The smallest absolute Gasteiger partial charge is 0.279 e. The van der Waals surface area contributed by atoms with Crippen LogP contribution >= 0.6 is 11.3 Å². The van der Waals surface area contributed by atoms with E-state index in [4.69, 9.17) is 10.5 Å². The number of benzene rings is 2. The molecule has 1 saturated carbocycles. The summed E-state index contributed by atoms with van der Waals surface area (Å²) in [6.45, 7) is 2.20. The maximum absolute atomic E-state index is 6.60.